The van der Waals surface area contributed by atoms with Crippen LogP contribution in [0.4, 0.5) is 0 Å². The first-order valence-electron chi connectivity index (χ1n) is 7.19. The number of aliphatic hydroxyl groups is 1. The molecular weight excluding hydrogens is 238 g/mol. The minimum Gasteiger partial charge on any atom is -0.393 e. The average Bonchev–Trinajstić information content (AvgIpc) is 2.85. The van der Waals surface area contributed by atoms with Gasteiger partial charge in [0.15, 0.2) is 0 Å². The molecule has 19 heavy (non-hydrogen) atoms. The molecular formula is C16H23NO2. The summed E-state index contributed by atoms with van der Waals surface area (Å²) < 4.78 is 0. The Balaban J connectivity index is 2.09. The van der Waals surface area contributed by atoms with Crippen molar-refractivity contribution in [3.05, 3.63) is 35.4 Å². The van der Waals surface area contributed by atoms with E-state index in [2.05, 4.69) is 6.92 Å². The van der Waals surface area contributed by atoms with Crippen molar-refractivity contribution in [1.82, 2.24) is 4.90 Å². The van der Waals surface area contributed by atoms with Crippen LogP contribution in [0.15, 0.2) is 24.3 Å². The number of amides is 1. The van der Waals surface area contributed by atoms with Crippen molar-refractivity contribution in [2.24, 2.45) is 0 Å². The molecule has 0 radical (unpaired) electrons. The second kappa shape index (κ2) is 6.20. The summed E-state index contributed by atoms with van der Waals surface area (Å²) in [5, 5.41) is 9.51. The van der Waals surface area contributed by atoms with Gasteiger partial charge in [0.05, 0.1) is 6.10 Å². The second-order valence-corrected chi connectivity index (χ2v) is 5.43. The molecule has 1 aliphatic rings. The molecule has 1 saturated heterocycles. The molecule has 0 spiro atoms. The third-order valence-corrected chi connectivity index (χ3v) is 3.86. The highest BCUT2D eigenvalue weighted by Crippen LogP contribution is 2.23. The molecule has 0 saturated carbocycles. The van der Waals surface area contributed by atoms with E-state index in [-0.39, 0.29) is 18.1 Å². The number of aliphatic hydroxyl groups excluding tert-OH is 1. The summed E-state index contributed by atoms with van der Waals surface area (Å²) >= 11 is 0. The quantitative estimate of drug-likeness (QED) is 0.905. The van der Waals surface area contributed by atoms with E-state index in [1.807, 2.05) is 29.2 Å². The number of aryl methyl sites for hydroxylation is 1. The van der Waals surface area contributed by atoms with E-state index in [4.69, 9.17) is 0 Å². The Morgan fingerprint density at radius 3 is 2.68 bits per heavy atom. The topological polar surface area (TPSA) is 40.5 Å². The van der Waals surface area contributed by atoms with Crippen LogP contribution in [0.2, 0.25) is 0 Å². The van der Waals surface area contributed by atoms with E-state index in [0.29, 0.717) is 6.42 Å². The Hall–Kier alpha value is -1.35. The van der Waals surface area contributed by atoms with Gasteiger partial charge in [-0.25, -0.2) is 0 Å². The molecule has 3 nitrogen and oxygen atoms in total. The molecule has 0 aliphatic carbocycles. The standard InChI is InChI=1S/C16H23NO2/c1-3-13-6-8-14(9-7-13)16(19)17-10-4-5-15(17)11-12(2)18/h6-9,12,15,18H,3-5,10-11H2,1-2H3. The highest BCUT2D eigenvalue weighted by molar-refractivity contribution is 5.94. The normalized spacial score (nSPS) is 20.6. The van der Waals surface area contributed by atoms with E-state index in [9.17, 15) is 9.90 Å². The number of nitrogens with zero attached hydrogens (tertiary/aromatic N) is 1. The maximum atomic E-state index is 12.5. The second-order valence-electron chi connectivity index (χ2n) is 5.43. The minimum atomic E-state index is -0.346. The number of carbonyl (C=O) groups is 1. The predicted molar refractivity (Wildman–Crippen MR) is 76.2 cm³/mol. The number of rotatable bonds is 4. The Kier molecular flexibility index (Phi) is 4.59. The van der Waals surface area contributed by atoms with Gasteiger partial charge in [-0.05, 0) is 50.3 Å². The zero-order valence-electron chi connectivity index (χ0n) is 11.8. The van der Waals surface area contributed by atoms with Crippen molar-refractivity contribution in [1.29, 1.82) is 0 Å². The maximum Gasteiger partial charge on any atom is 0.254 e. The zero-order chi connectivity index (χ0) is 13.8. The average molecular weight is 261 g/mol. The summed E-state index contributed by atoms with van der Waals surface area (Å²) in [7, 11) is 0. The monoisotopic (exact) mass is 261 g/mol. The first-order chi connectivity index (χ1) is 9.11. The molecule has 2 unspecified atom stereocenters. The van der Waals surface area contributed by atoms with Gasteiger partial charge in [0.2, 0.25) is 0 Å². The van der Waals surface area contributed by atoms with Crippen molar-refractivity contribution in [3.63, 3.8) is 0 Å². The Morgan fingerprint density at radius 2 is 2.11 bits per heavy atom. The summed E-state index contributed by atoms with van der Waals surface area (Å²) in [5.74, 6) is 0.103. The van der Waals surface area contributed by atoms with Gasteiger partial charge < -0.3 is 10.0 Å². The molecule has 2 atom stereocenters. The molecule has 1 aliphatic heterocycles. The molecule has 1 aromatic carbocycles. The van der Waals surface area contributed by atoms with Crippen LogP contribution in [0.25, 0.3) is 0 Å². The lowest BCUT2D eigenvalue weighted by Crippen LogP contribution is -2.37. The van der Waals surface area contributed by atoms with Crippen LogP contribution >= 0.6 is 0 Å². The number of hydrogen-bond donors (Lipinski definition) is 1. The highest BCUT2D eigenvalue weighted by Gasteiger charge is 2.29. The van der Waals surface area contributed by atoms with E-state index in [0.717, 1.165) is 31.4 Å². The first kappa shape index (κ1) is 14.1. The fourth-order valence-corrected chi connectivity index (χ4v) is 2.79. The lowest BCUT2D eigenvalue weighted by molar-refractivity contribution is 0.0682. The van der Waals surface area contributed by atoms with Gasteiger partial charge in [0.1, 0.15) is 0 Å². The van der Waals surface area contributed by atoms with E-state index >= 15 is 0 Å². The van der Waals surface area contributed by atoms with Gasteiger partial charge >= 0.3 is 0 Å². The molecule has 1 amide bonds. The summed E-state index contributed by atoms with van der Waals surface area (Å²) in [4.78, 5) is 14.4. The van der Waals surface area contributed by atoms with E-state index in [1.54, 1.807) is 6.92 Å². The Morgan fingerprint density at radius 1 is 1.42 bits per heavy atom. The lowest BCUT2D eigenvalue weighted by Gasteiger charge is -2.25. The molecule has 104 valence electrons. The Labute approximate surface area is 115 Å². The SMILES string of the molecule is CCc1ccc(C(=O)N2CCCC2CC(C)O)cc1. The summed E-state index contributed by atoms with van der Waals surface area (Å²) in [6.07, 6.45) is 3.36. The molecule has 1 heterocycles. The van der Waals surface area contributed by atoms with Gasteiger partial charge in [0, 0.05) is 18.2 Å². The largest absolute Gasteiger partial charge is 0.393 e. The van der Waals surface area contributed by atoms with Crippen molar-refractivity contribution in [2.75, 3.05) is 6.54 Å². The fourth-order valence-electron chi connectivity index (χ4n) is 2.79. The van der Waals surface area contributed by atoms with Crippen molar-refractivity contribution in [3.8, 4) is 0 Å². The van der Waals surface area contributed by atoms with E-state index < -0.39 is 0 Å². The van der Waals surface area contributed by atoms with Crippen LogP contribution in [-0.2, 0) is 6.42 Å². The maximum absolute atomic E-state index is 12.5. The summed E-state index contributed by atoms with van der Waals surface area (Å²) in [6, 6.07) is 8.07. The van der Waals surface area contributed by atoms with Gasteiger partial charge in [-0.15, -0.1) is 0 Å². The Bertz CT molecular complexity index is 425. The fraction of sp³-hybridized carbons (Fsp3) is 0.562. The molecule has 3 heteroatoms. The number of hydrogen-bond acceptors (Lipinski definition) is 2. The first-order valence-corrected chi connectivity index (χ1v) is 7.19. The van der Waals surface area contributed by atoms with Crippen molar-refractivity contribution < 1.29 is 9.90 Å². The van der Waals surface area contributed by atoms with Crippen LogP contribution < -0.4 is 0 Å². The van der Waals surface area contributed by atoms with Crippen molar-refractivity contribution in [2.45, 2.75) is 51.7 Å². The number of carbonyl (C=O) groups excluding carboxylic acids is 1. The number of benzene rings is 1. The van der Waals surface area contributed by atoms with Crippen LogP contribution in [0.3, 0.4) is 0 Å². The lowest BCUT2D eigenvalue weighted by atomic mass is 10.1. The van der Waals surface area contributed by atoms with Gasteiger partial charge in [-0.1, -0.05) is 19.1 Å². The van der Waals surface area contributed by atoms with Gasteiger partial charge in [-0.2, -0.15) is 0 Å². The predicted octanol–water partition coefficient (Wildman–Crippen LogP) is 2.62. The minimum absolute atomic E-state index is 0.103. The molecule has 0 aromatic heterocycles. The van der Waals surface area contributed by atoms with Gasteiger partial charge in [-0.3, -0.25) is 4.79 Å². The van der Waals surface area contributed by atoms with Crippen LogP contribution in [0.5, 0.6) is 0 Å². The smallest absolute Gasteiger partial charge is 0.254 e. The molecule has 1 fully saturated rings. The van der Waals surface area contributed by atoms with Crippen LogP contribution in [0, 0.1) is 0 Å². The third-order valence-electron chi connectivity index (χ3n) is 3.86. The number of likely N-dealkylation sites (tertiary alicyclic amines) is 1. The third kappa shape index (κ3) is 3.35. The van der Waals surface area contributed by atoms with Crippen molar-refractivity contribution >= 4 is 5.91 Å². The molecule has 1 aromatic rings. The molecule has 0 bridgehead atoms. The van der Waals surface area contributed by atoms with Crippen LogP contribution in [0.1, 0.15) is 49.0 Å². The summed E-state index contributed by atoms with van der Waals surface area (Å²) in [6.45, 7) is 4.71. The highest BCUT2D eigenvalue weighted by atomic mass is 16.3. The van der Waals surface area contributed by atoms with Gasteiger partial charge in [0.25, 0.3) is 5.91 Å². The van der Waals surface area contributed by atoms with Crippen LogP contribution in [-0.4, -0.2) is 34.6 Å². The molecule has 2 rings (SSSR count). The van der Waals surface area contributed by atoms with E-state index in [1.165, 1.54) is 5.56 Å². The molecule has 1 N–H and O–H groups in total. The summed E-state index contributed by atoms with van der Waals surface area (Å²) in [5.41, 5.74) is 2.01. The zero-order valence-corrected chi connectivity index (χ0v) is 11.8.